The highest BCUT2D eigenvalue weighted by molar-refractivity contribution is 6.61. The van der Waals surface area contributed by atoms with E-state index in [-0.39, 0.29) is 44.3 Å². The van der Waals surface area contributed by atoms with Crippen LogP contribution in [0.5, 0.6) is 11.8 Å². The van der Waals surface area contributed by atoms with E-state index in [2.05, 4.69) is 200 Å². The molecule has 0 atom stereocenters. The highest BCUT2D eigenvalue weighted by Crippen LogP contribution is 2.28. The highest BCUT2D eigenvalue weighted by atomic mass is 19.4. The molecule has 22 nitrogen and oxygen atoms in total. The van der Waals surface area contributed by atoms with Crippen molar-refractivity contribution in [1.29, 1.82) is 0 Å². The topological polar surface area (TPSA) is 253 Å². The van der Waals surface area contributed by atoms with Gasteiger partial charge in [0.25, 0.3) is 0 Å². The van der Waals surface area contributed by atoms with E-state index >= 15 is 0 Å². The molecule has 0 saturated heterocycles. The molecule has 0 radical (unpaired) electrons. The number of rotatable bonds is 16. The van der Waals surface area contributed by atoms with E-state index in [1.807, 2.05) is 133 Å². The molecule has 124 heavy (non-hydrogen) atoms. The number of hydrogen-bond donors (Lipinski definition) is 1. The molecular formula is C94H128BF7N16O6. The van der Waals surface area contributed by atoms with E-state index in [0.717, 1.165) is 76.2 Å². The molecule has 0 bridgehead atoms. The number of aromatic nitrogens is 14. The summed E-state index contributed by atoms with van der Waals surface area (Å²) < 4.78 is 110. The van der Waals surface area contributed by atoms with Gasteiger partial charge < -0.3 is 37.8 Å². The number of ether oxygens (including phenoxy) is 2. The number of pyridine rings is 4. The van der Waals surface area contributed by atoms with Gasteiger partial charge in [-0.1, -0.05) is 182 Å². The van der Waals surface area contributed by atoms with E-state index in [0.29, 0.717) is 76.8 Å². The first-order valence-electron chi connectivity index (χ1n) is 40.9. The molecule has 2 aromatic carbocycles. The van der Waals surface area contributed by atoms with Gasteiger partial charge in [-0.2, -0.15) is 41.4 Å². The van der Waals surface area contributed by atoms with Crippen molar-refractivity contribution in [3.05, 3.63) is 245 Å². The molecule has 1 N–H and O–H groups in total. The van der Waals surface area contributed by atoms with Crippen LogP contribution in [0.4, 0.5) is 36.6 Å². The minimum Gasteiger partial charge on any atom is -0.468 e. The molecule has 12 heterocycles. The van der Waals surface area contributed by atoms with Crippen LogP contribution in [0.1, 0.15) is 272 Å². The zero-order valence-electron chi connectivity index (χ0n) is 74.8. The van der Waals surface area contributed by atoms with Crippen LogP contribution in [0.25, 0.3) is 33.7 Å². The fourth-order valence-corrected chi connectivity index (χ4v) is 11.5. The fourth-order valence-electron chi connectivity index (χ4n) is 11.5. The Morgan fingerprint density at radius 2 is 1.09 bits per heavy atom. The van der Waals surface area contributed by atoms with Gasteiger partial charge in [0, 0.05) is 140 Å². The van der Waals surface area contributed by atoms with Crippen molar-refractivity contribution < 1.29 is 58.7 Å². The molecule has 0 aliphatic carbocycles. The Labute approximate surface area is 729 Å². The molecule has 30 heteroatoms. The van der Waals surface area contributed by atoms with Crippen LogP contribution >= 0.6 is 0 Å². The maximum absolute atomic E-state index is 12.3. The number of oxazole rings is 2. The van der Waals surface area contributed by atoms with Gasteiger partial charge in [0.15, 0.2) is 37.5 Å². The standard InChI is InChI=1S/C12H18N2.2C11H12N2O.C11H14N2.C10H13BO2.2C10H13F3N2O.C9H15N3.C8H10FN.2CH4/c1-9(2)10-6-11-8-14(3)5-4-12(11)13-7-10;1-8(2)10-5-9(3-4-13-10)11-6-12-7-14-11;1-8(2)9-4-3-5-10(13-9)11-6-12-7-14-11;1-8(2)9-4-5-10-7-13(3)12-11(10)6-9;1-7(2)8-4-3-5-10-9(8)6-13-11(10)12;2*1-6(2)9-14-7(3)4-8(15-9)16-5-10(11,12)13;1-7(2)9-10-6-5-8(11-9)12(3)4;1-6(2)8-4-3-7(9)5-10-8;;/h6-7,9H,4-5,8H2,1-3H3;2*3-8H,1-2H3;4-8H,1-3H3;3-5,7,12H,6H2,1-2H3;2*4,6H,5H2,1-3H3;5-7H,1-4H3;3-6H,1-2H3;2*1H4. The van der Waals surface area contributed by atoms with Crippen molar-refractivity contribution in [2.75, 3.05) is 45.8 Å². The minimum atomic E-state index is -4.35. The van der Waals surface area contributed by atoms with E-state index < -0.39 is 32.7 Å². The summed E-state index contributed by atoms with van der Waals surface area (Å²) in [6.07, 6.45) is 7.56. The number of benzene rings is 2. The van der Waals surface area contributed by atoms with Crippen molar-refractivity contribution in [1.82, 2.24) is 74.5 Å². The molecule has 2 aliphatic heterocycles. The minimum absolute atomic E-state index is 0. The Morgan fingerprint density at radius 1 is 0.524 bits per heavy atom. The molecular weight excluding hydrogens is 1590 g/mol. The van der Waals surface area contributed by atoms with Gasteiger partial charge in [-0.05, 0) is 138 Å². The lowest BCUT2D eigenvalue weighted by atomic mass is 9.77. The van der Waals surface area contributed by atoms with E-state index in [9.17, 15) is 35.8 Å². The molecule has 0 spiro atoms. The summed E-state index contributed by atoms with van der Waals surface area (Å²) in [5, 5.41) is 15.1. The molecule has 12 aromatic rings. The van der Waals surface area contributed by atoms with Gasteiger partial charge in [-0.3, -0.25) is 19.6 Å². The lowest BCUT2D eigenvalue weighted by Crippen LogP contribution is -2.28. The van der Waals surface area contributed by atoms with Crippen LogP contribution in [0.15, 0.2) is 168 Å². The number of nitrogens with zero attached hydrogens (tertiary/aromatic N) is 16. The molecule has 0 unspecified atom stereocenters. The summed E-state index contributed by atoms with van der Waals surface area (Å²) in [5.41, 5.74) is 16.0. The van der Waals surface area contributed by atoms with Crippen LogP contribution in [-0.2, 0) is 31.3 Å². The van der Waals surface area contributed by atoms with E-state index in [1.54, 1.807) is 44.7 Å². The summed E-state index contributed by atoms with van der Waals surface area (Å²) in [6.45, 7) is 40.8. The quantitative estimate of drug-likeness (QED) is 0.0697. The van der Waals surface area contributed by atoms with Gasteiger partial charge in [0.1, 0.15) is 34.8 Å². The van der Waals surface area contributed by atoms with E-state index in [1.165, 1.54) is 76.1 Å². The lowest BCUT2D eigenvalue weighted by Gasteiger charge is -2.24. The Kier molecular flexibility index (Phi) is 43.1. The molecule has 672 valence electrons. The first kappa shape index (κ1) is 105. The summed E-state index contributed by atoms with van der Waals surface area (Å²) in [7, 11) is 7.37. The van der Waals surface area contributed by atoms with Crippen LogP contribution in [0, 0.1) is 19.7 Å². The van der Waals surface area contributed by atoms with Crippen molar-refractivity contribution in [2.24, 2.45) is 7.05 Å². The third-order valence-corrected chi connectivity index (χ3v) is 18.4. The Balaban J connectivity index is 0.000000293. The second kappa shape index (κ2) is 50.7. The number of aryl methyl sites for hydroxylation is 3. The molecule has 2 aliphatic rings. The van der Waals surface area contributed by atoms with Gasteiger partial charge in [-0.15, -0.1) is 0 Å². The van der Waals surface area contributed by atoms with Crippen LogP contribution in [0.2, 0.25) is 0 Å². The van der Waals surface area contributed by atoms with Crippen molar-refractivity contribution in [2.45, 2.75) is 239 Å². The first-order valence-corrected chi connectivity index (χ1v) is 40.9. The first-order chi connectivity index (χ1) is 57.4. The number of anilines is 1. The lowest BCUT2D eigenvalue weighted by molar-refractivity contribution is -0.154. The third-order valence-electron chi connectivity index (χ3n) is 18.4. The monoisotopic (exact) mass is 1720 g/mol. The largest absolute Gasteiger partial charge is 0.491 e. The zero-order valence-corrected chi connectivity index (χ0v) is 74.8. The summed E-state index contributed by atoms with van der Waals surface area (Å²) in [4.78, 5) is 53.9. The Morgan fingerprint density at radius 3 is 1.60 bits per heavy atom. The molecule has 14 rings (SSSR count). The number of halogens is 7. The van der Waals surface area contributed by atoms with Gasteiger partial charge in [0.2, 0.25) is 11.8 Å². The molecule has 0 fully saturated rings. The summed E-state index contributed by atoms with van der Waals surface area (Å²) >= 11 is 0. The predicted molar refractivity (Wildman–Crippen MR) is 481 cm³/mol. The number of fused-ring (bicyclic) bond motifs is 3. The summed E-state index contributed by atoms with van der Waals surface area (Å²) in [5.74, 6) is 7.37. The molecule has 0 saturated carbocycles. The normalized spacial score (nSPS) is 12.1. The average molecular weight is 1720 g/mol. The smallest absolute Gasteiger partial charge is 0.468 e. The Hall–Kier alpha value is -11.0. The number of hydrogen-bond acceptors (Lipinski definition) is 21. The second-order valence-electron chi connectivity index (χ2n) is 32.4. The van der Waals surface area contributed by atoms with Gasteiger partial charge >= 0.3 is 19.5 Å². The Bertz CT molecular complexity index is 4910. The van der Waals surface area contributed by atoms with Crippen LogP contribution in [-0.4, -0.2) is 140 Å². The second-order valence-corrected chi connectivity index (χ2v) is 32.4. The maximum Gasteiger partial charge on any atom is 0.491 e. The van der Waals surface area contributed by atoms with Crippen molar-refractivity contribution in [3.8, 4) is 34.5 Å². The average Bonchev–Trinajstić information content (AvgIpc) is 1.66. The fraction of sp³-hybridized carbons (Fsp3) is 0.457. The highest BCUT2D eigenvalue weighted by Gasteiger charge is 2.31. The van der Waals surface area contributed by atoms with Gasteiger partial charge in [-0.25, -0.2) is 39.3 Å². The predicted octanol–water partition coefficient (Wildman–Crippen LogP) is 22.6. The number of alkyl halides is 6. The van der Waals surface area contributed by atoms with Crippen molar-refractivity contribution in [3.63, 3.8) is 0 Å². The van der Waals surface area contributed by atoms with Crippen molar-refractivity contribution >= 4 is 29.3 Å². The van der Waals surface area contributed by atoms with Gasteiger partial charge in [0.05, 0.1) is 30.7 Å². The molecule has 0 amide bonds. The maximum atomic E-state index is 12.3. The third kappa shape index (κ3) is 36.1. The van der Waals surface area contributed by atoms with Crippen LogP contribution in [0.3, 0.4) is 0 Å². The summed E-state index contributed by atoms with van der Waals surface area (Å²) in [6, 6.07) is 32.5. The number of likely N-dealkylation sites (N-methyl/N-ethyl adjacent to an activating group) is 1. The van der Waals surface area contributed by atoms with E-state index in [4.69, 9.17) is 13.5 Å². The SMILES string of the molecule is C.C.CC(C)c1cc(-c2cnco2)ccn1.CC(C)c1ccc(F)cn1.CC(C)c1ccc2cn(C)nc2c1.CC(C)c1cccc(-c2cnco2)n1.CC(C)c1cccc2c1COB2O.CC(C)c1cnc2c(c1)CN(C)CC2.CC(C)c1nccc(N(C)C)n1.Cc1cc(OCC(F)(F)F)nc(C(C)C)n1.Cc1cc(OCC(F)(F)F)nc(C(C)C)n1. The molecule has 10 aromatic heterocycles. The zero-order chi connectivity index (χ0) is 90.3. The van der Waals surface area contributed by atoms with Crippen LogP contribution < -0.4 is 19.8 Å².